The second-order valence-corrected chi connectivity index (χ2v) is 3.76. The van der Waals surface area contributed by atoms with Crippen LogP contribution in [0.25, 0.3) is 0 Å². The van der Waals surface area contributed by atoms with Gasteiger partial charge in [-0.05, 0) is 19.3 Å². The summed E-state index contributed by atoms with van der Waals surface area (Å²) < 4.78 is 10.8. The molecule has 2 nitrogen and oxygen atoms in total. The van der Waals surface area contributed by atoms with E-state index in [1.165, 1.54) is 18.9 Å². The van der Waals surface area contributed by atoms with E-state index in [0.29, 0.717) is 13.0 Å². The van der Waals surface area contributed by atoms with E-state index in [1.807, 2.05) is 0 Å². The van der Waals surface area contributed by atoms with Crippen LogP contribution in [0.15, 0.2) is 6.08 Å². The molecule has 0 amide bonds. The van der Waals surface area contributed by atoms with Gasteiger partial charge >= 0.3 is 17.1 Å². The third-order valence-corrected chi connectivity index (χ3v) is 2.21. The number of rotatable bonds is 4. The van der Waals surface area contributed by atoms with E-state index in [9.17, 15) is 0 Å². The standard InChI is InChI=1S/C11H15O2.C4H9.Mn/c1-2-3-4-6-9-12-11-8-5-7-10-13-11;1-3-4-2;/h1-2,11H,5-10H2;1,3-4H2,2H3;/q2*-1;+2. The molecular weight excluding hydrogens is 267 g/mol. The number of unbranched alkanes of at least 4 members (excludes halogenated alkanes) is 1. The molecule has 1 radical (unpaired) electrons. The van der Waals surface area contributed by atoms with Crippen molar-refractivity contribution in [2.24, 2.45) is 0 Å². The van der Waals surface area contributed by atoms with Crippen LogP contribution in [-0.4, -0.2) is 19.5 Å². The minimum Gasteiger partial charge on any atom is -0.353 e. The Hall–Kier alpha value is -0.261. The van der Waals surface area contributed by atoms with Gasteiger partial charge in [-0.25, -0.2) is 12.0 Å². The molecule has 3 heteroatoms. The van der Waals surface area contributed by atoms with Crippen molar-refractivity contribution in [3.8, 4) is 11.8 Å². The Morgan fingerprint density at radius 1 is 1.50 bits per heavy atom. The van der Waals surface area contributed by atoms with Gasteiger partial charge < -0.3 is 22.3 Å². The Balaban J connectivity index is 0. The summed E-state index contributed by atoms with van der Waals surface area (Å²) in [5.41, 5.74) is 0. The third kappa shape index (κ3) is 13.8. The minimum absolute atomic E-state index is 0. The predicted molar refractivity (Wildman–Crippen MR) is 71.1 cm³/mol. The maximum absolute atomic E-state index is 5.45. The number of hydrogen-bond donors (Lipinski definition) is 0. The first kappa shape index (κ1) is 20.1. The molecule has 0 N–H and O–H groups in total. The van der Waals surface area contributed by atoms with Gasteiger partial charge in [-0.15, -0.1) is 0 Å². The summed E-state index contributed by atoms with van der Waals surface area (Å²) in [6, 6.07) is 0. The van der Waals surface area contributed by atoms with Gasteiger partial charge in [-0.1, -0.05) is 13.3 Å². The molecule has 1 saturated heterocycles. The van der Waals surface area contributed by atoms with Gasteiger partial charge in [0.1, 0.15) is 0 Å². The molecule has 1 aliphatic heterocycles. The molecule has 0 aromatic carbocycles. The van der Waals surface area contributed by atoms with Crippen molar-refractivity contribution >= 4 is 0 Å². The van der Waals surface area contributed by atoms with Crippen LogP contribution in [0.5, 0.6) is 0 Å². The van der Waals surface area contributed by atoms with Crippen molar-refractivity contribution in [3.05, 3.63) is 19.6 Å². The smallest absolute Gasteiger partial charge is 0.353 e. The fourth-order valence-corrected chi connectivity index (χ4v) is 1.22. The Kier molecular flexibility index (Phi) is 18.7. The SMILES string of the molecule is [CH-]=CC#CCCOC1CCCCO1.[CH2-]CCC.[Mn+2]. The maximum atomic E-state index is 5.45. The fourth-order valence-electron chi connectivity index (χ4n) is 1.22. The van der Waals surface area contributed by atoms with Crippen LogP contribution in [-0.2, 0) is 26.5 Å². The molecular formula is C15H24MnO2. The molecule has 0 aromatic heterocycles. The van der Waals surface area contributed by atoms with Crippen molar-refractivity contribution in [2.75, 3.05) is 13.2 Å². The molecule has 0 aromatic rings. The average Bonchev–Trinajstić information content (AvgIpc) is 2.40. The van der Waals surface area contributed by atoms with Crippen LogP contribution in [0.1, 0.15) is 45.4 Å². The molecule has 1 unspecified atom stereocenters. The predicted octanol–water partition coefficient (Wildman–Crippen LogP) is 3.53. The van der Waals surface area contributed by atoms with Gasteiger partial charge in [0.05, 0.1) is 6.61 Å². The summed E-state index contributed by atoms with van der Waals surface area (Å²) >= 11 is 0. The largest absolute Gasteiger partial charge is 2.00 e. The molecule has 18 heavy (non-hydrogen) atoms. The zero-order valence-corrected chi connectivity index (χ0v) is 12.5. The molecule has 103 valence electrons. The van der Waals surface area contributed by atoms with Gasteiger partial charge in [0.15, 0.2) is 6.29 Å². The van der Waals surface area contributed by atoms with Crippen molar-refractivity contribution in [2.45, 2.75) is 51.7 Å². The van der Waals surface area contributed by atoms with Gasteiger partial charge in [0.2, 0.25) is 0 Å². The molecule has 1 fully saturated rings. The van der Waals surface area contributed by atoms with Crippen molar-refractivity contribution in [3.63, 3.8) is 0 Å². The molecule has 0 spiro atoms. The third-order valence-electron chi connectivity index (χ3n) is 2.21. The summed E-state index contributed by atoms with van der Waals surface area (Å²) in [6.07, 6.45) is 7.70. The molecule has 1 atom stereocenters. The first-order valence-electron chi connectivity index (χ1n) is 6.39. The molecule has 0 bridgehead atoms. The van der Waals surface area contributed by atoms with Crippen LogP contribution < -0.4 is 0 Å². The number of ether oxygens (including phenoxy) is 2. The van der Waals surface area contributed by atoms with Gasteiger partial charge in [0.25, 0.3) is 0 Å². The zero-order valence-electron chi connectivity index (χ0n) is 11.3. The molecule has 0 aliphatic carbocycles. The Morgan fingerprint density at radius 2 is 2.22 bits per heavy atom. The molecule has 1 rings (SSSR count). The summed E-state index contributed by atoms with van der Waals surface area (Å²) in [5, 5.41) is 0. The van der Waals surface area contributed by atoms with Crippen molar-refractivity contribution in [1.82, 2.24) is 0 Å². The van der Waals surface area contributed by atoms with E-state index in [1.54, 1.807) is 0 Å². The summed E-state index contributed by atoms with van der Waals surface area (Å²) in [6.45, 7) is 12.3. The minimum atomic E-state index is -0.00240. The second kappa shape index (κ2) is 16.7. The summed E-state index contributed by atoms with van der Waals surface area (Å²) in [4.78, 5) is 0. The number of hydrogen-bond acceptors (Lipinski definition) is 2. The van der Waals surface area contributed by atoms with Crippen LogP contribution >= 0.6 is 0 Å². The van der Waals surface area contributed by atoms with E-state index in [4.69, 9.17) is 16.1 Å². The van der Waals surface area contributed by atoms with Gasteiger partial charge in [-0.2, -0.15) is 6.42 Å². The van der Waals surface area contributed by atoms with E-state index in [2.05, 4.69) is 25.7 Å². The Bertz CT molecular complexity index is 222. The van der Waals surface area contributed by atoms with Crippen molar-refractivity contribution in [1.29, 1.82) is 0 Å². The summed E-state index contributed by atoms with van der Waals surface area (Å²) in [5.74, 6) is 5.53. The first-order chi connectivity index (χ1) is 8.35. The van der Waals surface area contributed by atoms with Crippen LogP contribution in [0.2, 0.25) is 0 Å². The normalized spacial score (nSPS) is 17.3. The van der Waals surface area contributed by atoms with Crippen LogP contribution in [0.3, 0.4) is 0 Å². The van der Waals surface area contributed by atoms with Crippen LogP contribution in [0.4, 0.5) is 0 Å². The first-order valence-corrected chi connectivity index (χ1v) is 6.39. The second-order valence-electron chi connectivity index (χ2n) is 3.76. The Morgan fingerprint density at radius 3 is 2.72 bits per heavy atom. The topological polar surface area (TPSA) is 18.5 Å². The fraction of sp³-hybridized carbons (Fsp3) is 0.667. The van der Waals surface area contributed by atoms with Crippen molar-refractivity contribution < 1.29 is 26.5 Å². The van der Waals surface area contributed by atoms with Gasteiger partial charge in [-0.3, -0.25) is 6.58 Å². The molecule has 1 aliphatic rings. The number of allylic oxidation sites excluding steroid dienone is 1. The van der Waals surface area contributed by atoms with E-state index >= 15 is 0 Å². The van der Waals surface area contributed by atoms with Crippen LogP contribution in [0, 0.1) is 25.3 Å². The average molecular weight is 291 g/mol. The van der Waals surface area contributed by atoms with E-state index < -0.39 is 0 Å². The van der Waals surface area contributed by atoms with E-state index in [-0.39, 0.29) is 23.4 Å². The van der Waals surface area contributed by atoms with Gasteiger partial charge in [0, 0.05) is 13.0 Å². The monoisotopic (exact) mass is 291 g/mol. The molecule has 1 heterocycles. The Labute approximate surface area is 123 Å². The maximum Gasteiger partial charge on any atom is 2.00 e. The zero-order chi connectivity index (χ0) is 12.8. The quantitative estimate of drug-likeness (QED) is 0.341. The summed E-state index contributed by atoms with van der Waals surface area (Å²) in [7, 11) is 0. The molecule has 0 saturated carbocycles. The van der Waals surface area contributed by atoms with E-state index in [0.717, 1.165) is 25.9 Å².